The second kappa shape index (κ2) is 7.90. The summed E-state index contributed by atoms with van der Waals surface area (Å²) in [5, 5.41) is 7.91. The molecule has 0 aliphatic rings. The molecule has 1 heterocycles. The van der Waals surface area contributed by atoms with E-state index in [0.717, 1.165) is 21.9 Å². The van der Waals surface area contributed by atoms with Gasteiger partial charge in [-0.15, -0.1) is 11.3 Å². The maximum Gasteiger partial charge on any atom is 0.226 e. The summed E-state index contributed by atoms with van der Waals surface area (Å²) >= 11 is 1.41. The first kappa shape index (κ1) is 18.3. The number of benzene rings is 3. The van der Waals surface area contributed by atoms with Gasteiger partial charge >= 0.3 is 0 Å². The van der Waals surface area contributed by atoms with Crippen molar-refractivity contribution in [3.05, 3.63) is 89.2 Å². The van der Waals surface area contributed by atoms with E-state index in [9.17, 15) is 9.18 Å². The van der Waals surface area contributed by atoms with Crippen LogP contribution in [0.2, 0.25) is 0 Å². The minimum absolute atomic E-state index is 0.0865. The Morgan fingerprint density at radius 2 is 1.89 bits per heavy atom. The SMILES string of the molecule is CC(NC(=O)Cc1csc(-c2cccc(F)c2)n1)c1cccc2ccccc12. The van der Waals surface area contributed by atoms with Gasteiger partial charge in [0, 0.05) is 10.9 Å². The molecule has 0 radical (unpaired) electrons. The number of hydrogen-bond donors (Lipinski definition) is 1. The van der Waals surface area contributed by atoms with Crippen molar-refractivity contribution in [1.82, 2.24) is 10.3 Å². The van der Waals surface area contributed by atoms with Gasteiger partial charge in [-0.05, 0) is 35.4 Å². The Morgan fingerprint density at radius 1 is 1.11 bits per heavy atom. The maximum atomic E-state index is 13.4. The van der Waals surface area contributed by atoms with Gasteiger partial charge in [0.05, 0.1) is 18.2 Å². The Morgan fingerprint density at radius 3 is 2.75 bits per heavy atom. The van der Waals surface area contributed by atoms with E-state index in [1.165, 1.54) is 23.5 Å². The van der Waals surface area contributed by atoms with Crippen LogP contribution in [-0.2, 0) is 11.2 Å². The van der Waals surface area contributed by atoms with Crippen molar-refractivity contribution in [2.24, 2.45) is 0 Å². The molecule has 0 bridgehead atoms. The van der Waals surface area contributed by atoms with Gasteiger partial charge in [0.1, 0.15) is 10.8 Å². The van der Waals surface area contributed by atoms with Gasteiger partial charge in [-0.25, -0.2) is 9.37 Å². The number of rotatable bonds is 5. The molecule has 4 rings (SSSR count). The van der Waals surface area contributed by atoms with Crippen molar-refractivity contribution in [3.63, 3.8) is 0 Å². The van der Waals surface area contributed by atoms with Gasteiger partial charge in [0.2, 0.25) is 5.91 Å². The Balaban J connectivity index is 1.46. The molecule has 1 atom stereocenters. The average Bonchev–Trinajstić information content (AvgIpc) is 3.16. The predicted octanol–water partition coefficient (Wildman–Crippen LogP) is 5.52. The molecular formula is C23H19FN2OS. The van der Waals surface area contributed by atoms with Crippen LogP contribution in [0.3, 0.4) is 0 Å². The van der Waals surface area contributed by atoms with Crippen molar-refractivity contribution in [3.8, 4) is 10.6 Å². The monoisotopic (exact) mass is 390 g/mol. The van der Waals surface area contributed by atoms with Crippen LogP contribution in [0.1, 0.15) is 24.2 Å². The van der Waals surface area contributed by atoms with Gasteiger partial charge in [-0.3, -0.25) is 4.79 Å². The van der Waals surface area contributed by atoms with Gasteiger partial charge in [0.25, 0.3) is 0 Å². The number of nitrogens with zero attached hydrogens (tertiary/aromatic N) is 1. The van der Waals surface area contributed by atoms with Crippen molar-refractivity contribution in [1.29, 1.82) is 0 Å². The number of halogens is 1. The van der Waals surface area contributed by atoms with Crippen molar-refractivity contribution < 1.29 is 9.18 Å². The van der Waals surface area contributed by atoms with Crippen LogP contribution in [0.15, 0.2) is 72.1 Å². The topological polar surface area (TPSA) is 42.0 Å². The quantitative estimate of drug-likeness (QED) is 0.487. The Bertz CT molecular complexity index is 1130. The number of hydrogen-bond acceptors (Lipinski definition) is 3. The third-order valence-corrected chi connectivity index (χ3v) is 5.57. The predicted molar refractivity (Wildman–Crippen MR) is 112 cm³/mol. The van der Waals surface area contributed by atoms with Crippen LogP contribution in [0.5, 0.6) is 0 Å². The molecule has 4 aromatic rings. The number of aromatic nitrogens is 1. The van der Waals surface area contributed by atoms with Crippen molar-refractivity contribution >= 4 is 28.0 Å². The Hall–Kier alpha value is -3.05. The highest BCUT2D eigenvalue weighted by atomic mass is 32.1. The lowest BCUT2D eigenvalue weighted by Gasteiger charge is -2.16. The normalized spacial score (nSPS) is 12.1. The van der Waals surface area contributed by atoms with Crippen LogP contribution in [0, 0.1) is 5.82 Å². The number of carbonyl (C=O) groups is 1. The van der Waals surface area contributed by atoms with E-state index in [-0.39, 0.29) is 24.2 Å². The molecule has 0 saturated carbocycles. The smallest absolute Gasteiger partial charge is 0.226 e. The van der Waals surface area contributed by atoms with Crippen LogP contribution >= 0.6 is 11.3 Å². The molecule has 140 valence electrons. The highest BCUT2D eigenvalue weighted by molar-refractivity contribution is 7.13. The van der Waals surface area contributed by atoms with Gasteiger partial charge in [-0.2, -0.15) is 0 Å². The summed E-state index contributed by atoms with van der Waals surface area (Å²) < 4.78 is 13.4. The molecule has 1 amide bonds. The molecule has 5 heteroatoms. The zero-order chi connectivity index (χ0) is 19.5. The van der Waals surface area contributed by atoms with Crippen LogP contribution in [-0.4, -0.2) is 10.9 Å². The molecule has 28 heavy (non-hydrogen) atoms. The summed E-state index contributed by atoms with van der Waals surface area (Å²) in [6.07, 6.45) is 0.195. The number of carbonyl (C=O) groups excluding carboxylic acids is 1. The van der Waals surface area contributed by atoms with Gasteiger partial charge < -0.3 is 5.32 Å². The first-order valence-electron chi connectivity index (χ1n) is 9.07. The molecule has 0 fully saturated rings. The summed E-state index contributed by atoms with van der Waals surface area (Å²) in [6, 6.07) is 20.5. The van der Waals surface area contributed by atoms with E-state index >= 15 is 0 Å². The van der Waals surface area contributed by atoms with E-state index in [4.69, 9.17) is 0 Å². The number of thiazole rings is 1. The summed E-state index contributed by atoms with van der Waals surface area (Å²) in [4.78, 5) is 17.0. The Labute approximate surface area is 166 Å². The maximum absolute atomic E-state index is 13.4. The zero-order valence-electron chi connectivity index (χ0n) is 15.4. The van der Waals surface area contributed by atoms with Gasteiger partial charge in [-0.1, -0.05) is 54.6 Å². The third kappa shape index (κ3) is 3.94. The standard InChI is InChI=1S/C23H19FN2OS/c1-15(20-11-5-7-16-6-2-3-10-21(16)20)25-22(27)13-19-14-28-23(26-19)17-8-4-9-18(24)12-17/h2-12,14-15H,13H2,1H3,(H,25,27). The van der Waals surface area contributed by atoms with Crippen molar-refractivity contribution in [2.75, 3.05) is 0 Å². The second-order valence-corrected chi connectivity index (χ2v) is 7.55. The zero-order valence-corrected chi connectivity index (χ0v) is 16.2. The van der Waals surface area contributed by atoms with Crippen LogP contribution < -0.4 is 5.32 Å². The molecule has 1 unspecified atom stereocenters. The second-order valence-electron chi connectivity index (χ2n) is 6.69. The van der Waals surface area contributed by atoms with E-state index in [1.54, 1.807) is 6.07 Å². The lowest BCUT2D eigenvalue weighted by Crippen LogP contribution is -2.28. The summed E-state index contributed by atoms with van der Waals surface area (Å²) in [6.45, 7) is 1.99. The lowest BCUT2D eigenvalue weighted by atomic mass is 9.99. The fourth-order valence-corrected chi connectivity index (χ4v) is 4.12. The van der Waals surface area contributed by atoms with E-state index in [1.807, 2.05) is 42.6 Å². The largest absolute Gasteiger partial charge is 0.349 e. The highest BCUT2D eigenvalue weighted by Crippen LogP contribution is 2.26. The molecule has 1 aromatic heterocycles. The molecule has 0 aliphatic carbocycles. The van der Waals surface area contributed by atoms with E-state index in [0.29, 0.717) is 10.7 Å². The van der Waals surface area contributed by atoms with Gasteiger partial charge in [0.15, 0.2) is 0 Å². The van der Waals surface area contributed by atoms with E-state index < -0.39 is 0 Å². The average molecular weight is 390 g/mol. The third-order valence-electron chi connectivity index (χ3n) is 4.63. The molecular weight excluding hydrogens is 371 g/mol. The number of nitrogens with one attached hydrogen (secondary N) is 1. The first-order valence-corrected chi connectivity index (χ1v) is 9.95. The Kier molecular flexibility index (Phi) is 5.17. The fourth-order valence-electron chi connectivity index (χ4n) is 3.31. The summed E-state index contributed by atoms with van der Waals surface area (Å²) in [5.74, 6) is -0.382. The summed E-state index contributed by atoms with van der Waals surface area (Å²) in [7, 11) is 0. The van der Waals surface area contributed by atoms with E-state index in [2.05, 4.69) is 28.5 Å². The fraction of sp³-hybridized carbons (Fsp3) is 0.130. The number of amides is 1. The first-order chi connectivity index (χ1) is 13.6. The molecule has 3 nitrogen and oxygen atoms in total. The summed E-state index contributed by atoms with van der Waals surface area (Å²) in [5.41, 5.74) is 2.50. The molecule has 1 N–H and O–H groups in total. The lowest BCUT2D eigenvalue weighted by molar-refractivity contribution is -0.121. The highest BCUT2D eigenvalue weighted by Gasteiger charge is 2.14. The minimum atomic E-state index is -0.295. The minimum Gasteiger partial charge on any atom is -0.349 e. The van der Waals surface area contributed by atoms with Crippen LogP contribution in [0.25, 0.3) is 21.3 Å². The molecule has 0 spiro atoms. The molecule has 0 saturated heterocycles. The van der Waals surface area contributed by atoms with Crippen LogP contribution in [0.4, 0.5) is 4.39 Å². The molecule has 3 aromatic carbocycles. The van der Waals surface area contributed by atoms with Crippen molar-refractivity contribution in [2.45, 2.75) is 19.4 Å². The number of fused-ring (bicyclic) bond motifs is 1. The molecule has 0 aliphatic heterocycles.